The van der Waals surface area contributed by atoms with Crippen molar-refractivity contribution in [2.75, 3.05) is 13.2 Å². The highest BCUT2D eigenvalue weighted by Crippen LogP contribution is 2.29. The monoisotopic (exact) mass is 457 g/mol. The van der Waals surface area contributed by atoms with Gasteiger partial charge in [-0.1, -0.05) is 54.1 Å². The fourth-order valence-corrected chi connectivity index (χ4v) is 5.42. The SMILES string of the molecule is Cc1ccccc1S(=O)(=O)N1CCOc2ccc(COCc3ccccc3Cl)cc2C1. The summed E-state index contributed by atoms with van der Waals surface area (Å²) in [5.41, 5.74) is 3.44. The maximum atomic E-state index is 13.2. The number of ether oxygens (including phenoxy) is 2. The maximum Gasteiger partial charge on any atom is 0.243 e. The summed E-state index contributed by atoms with van der Waals surface area (Å²) in [5, 5.41) is 0.676. The van der Waals surface area contributed by atoms with Gasteiger partial charge in [-0.2, -0.15) is 4.31 Å². The van der Waals surface area contributed by atoms with E-state index >= 15 is 0 Å². The topological polar surface area (TPSA) is 55.8 Å². The highest BCUT2D eigenvalue weighted by atomic mass is 35.5. The lowest BCUT2D eigenvalue weighted by Gasteiger charge is -2.20. The van der Waals surface area contributed by atoms with Crippen molar-refractivity contribution in [1.29, 1.82) is 0 Å². The molecule has 0 unspecified atom stereocenters. The van der Waals surface area contributed by atoms with E-state index in [4.69, 9.17) is 21.1 Å². The smallest absolute Gasteiger partial charge is 0.243 e. The first-order valence-corrected chi connectivity index (χ1v) is 11.9. The number of sulfonamides is 1. The molecular formula is C24H24ClNO4S. The molecule has 31 heavy (non-hydrogen) atoms. The van der Waals surface area contributed by atoms with Crippen molar-refractivity contribution in [2.24, 2.45) is 0 Å². The van der Waals surface area contributed by atoms with Crippen molar-refractivity contribution < 1.29 is 17.9 Å². The van der Waals surface area contributed by atoms with Gasteiger partial charge in [0.15, 0.2) is 0 Å². The van der Waals surface area contributed by atoms with E-state index in [2.05, 4.69) is 0 Å². The molecular weight excluding hydrogens is 434 g/mol. The second kappa shape index (κ2) is 9.40. The van der Waals surface area contributed by atoms with Crippen LogP contribution >= 0.6 is 11.6 Å². The average Bonchev–Trinajstić information content (AvgIpc) is 2.98. The Labute approximate surface area is 188 Å². The lowest BCUT2D eigenvalue weighted by Crippen LogP contribution is -2.33. The van der Waals surface area contributed by atoms with Crippen LogP contribution in [0.3, 0.4) is 0 Å². The largest absolute Gasteiger partial charge is 0.492 e. The zero-order chi connectivity index (χ0) is 21.8. The summed E-state index contributed by atoms with van der Waals surface area (Å²) in [5.74, 6) is 0.706. The number of nitrogens with zero attached hydrogens (tertiary/aromatic N) is 1. The second-order valence-corrected chi connectivity index (χ2v) is 9.79. The molecule has 0 atom stereocenters. The van der Waals surface area contributed by atoms with Gasteiger partial charge in [0.1, 0.15) is 12.4 Å². The van der Waals surface area contributed by atoms with Crippen molar-refractivity contribution in [3.8, 4) is 5.75 Å². The zero-order valence-electron chi connectivity index (χ0n) is 17.3. The van der Waals surface area contributed by atoms with Gasteiger partial charge < -0.3 is 9.47 Å². The molecule has 4 rings (SSSR count). The van der Waals surface area contributed by atoms with E-state index in [1.165, 1.54) is 4.31 Å². The minimum absolute atomic E-state index is 0.254. The van der Waals surface area contributed by atoms with Crippen LogP contribution in [0.25, 0.3) is 0 Å². The van der Waals surface area contributed by atoms with Gasteiger partial charge in [-0.25, -0.2) is 8.42 Å². The Kier molecular flexibility index (Phi) is 6.62. The van der Waals surface area contributed by atoms with E-state index in [-0.39, 0.29) is 6.54 Å². The molecule has 1 aliphatic heterocycles. The first kappa shape index (κ1) is 21.8. The van der Waals surface area contributed by atoms with E-state index in [1.807, 2.05) is 61.5 Å². The number of aryl methyl sites for hydroxylation is 1. The first-order valence-electron chi connectivity index (χ1n) is 10.1. The van der Waals surface area contributed by atoms with Gasteiger partial charge in [0.05, 0.1) is 18.1 Å². The molecule has 7 heteroatoms. The molecule has 0 saturated heterocycles. The molecule has 3 aromatic carbocycles. The minimum Gasteiger partial charge on any atom is -0.492 e. The van der Waals surface area contributed by atoms with Crippen LogP contribution in [0, 0.1) is 6.92 Å². The van der Waals surface area contributed by atoms with Crippen LogP contribution in [0.5, 0.6) is 5.75 Å². The van der Waals surface area contributed by atoms with Crippen molar-refractivity contribution in [3.63, 3.8) is 0 Å². The van der Waals surface area contributed by atoms with E-state index in [0.29, 0.717) is 42.0 Å². The summed E-state index contributed by atoms with van der Waals surface area (Å²) in [6, 6.07) is 20.4. The standard InChI is InChI=1S/C24H24ClNO4S/c1-18-6-2-5-9-24(18)31(27,28)26-12-13-30-23-11-10-19(14-21(23)15-26)16-29-17-20-7-3-4-8-22(20)25/h2-11,14H,12-13,15-17H2,1H3. The molecule has 0 spiro atoms. The molecule has 162 valence electrons. The van der Waals surface area contributed by atoms with Crippen molar-refractivity contribution in [2.45, 2.75) is 31.6 Å². The predicted molar refractivity (Wildman–Crippen MR) is 121 cm³/mol. The average molecular weight is 458 g/mol. The molecule has 0 radical (unpaired) electrons. The van der Waals surface area contributed by atoms with Crippen LogP contribution in [-0.2, 0) is 34.5 Å². The summed E-state index contributed by atoms with van der Waals surface area (Å²) in [7, 11) is -3.62. The van der Waals surface area contributed by atoms with Crippen LogP contribution in [0.15, 0.2) is 71.6 Å². The summed E-state index contributed by atoms with van der Waals surface area (Å²) in [6.45, 7) is 3.46. The molecule has 0 N–H and O–H groups in total. The van der Waals surface area contributed by atoms with Gasteiger partial charge in [-0.15, -0.1) is 0 Å². The van der Waals surface area contributed by atoms with E-state index in [0.717, 1.165) is 22.3 Å². The third kappa shape index (κ3) is 4.93. The molecule has 0 amide bonds. The van der Waals surface area contributed by atoms with Gasteiger partial charge in [-0.05, 0) is 47.9 Å². The third-order valence-electron chi connectivity index (χ3n) is 5.27. The Balaban J connectivity index is 1.50. The Morgan fingerprint density at radius 2 is 1.81 bits per heavy atom. The Morgan fingerprint density at radius 3 is 2.61 bits per heavy atom. The Morgan fingerprint density at radius 1 is 1.03 bits per heavy atom. The molecule has 0 saturated carbocycles. The number of benzene rings is 3. The molecule has 1 heterocycles. The molecule has 0 aromatic heterocycles. The van der Waals surface area contributed by atoms with Crippen LogP contribution in [0.1, 0.15) is 22.3 Å². The van der Waals surface area contributed by atoms with Gasteiger partial charge in [0.25, 0.3) is 0 Å². The number of hydrogen-bond donors (Lipinski definition) is 0. The van der Waals surface area contributed by atoms with Gasteiger partial charge >= 0.3 is 0 Å². The van der Waals surface area contributed by atoms with Crippen molar-refractivity contribution in [1.82, 2.24) is 4.31 Å². The summed E-state index contributed by atoms with van der Waals surface area (Å²) in [6.07, 6.45) is 0. The maximum absolute atomic E-state index is 13.2. The summed E-state index contributed by atoms with van der Waals surface area (Å²) in [4.78, 5) is 0.331. The molecule has 3 aromatic rings. The van der Waals surface area contributed by atoms with Crippen molar-refractivity contribution >= 4 is 21.6 Å². The second-order valence-electron chi connectivity index (χ2n) is 7.48. The fourth-order valence-electron chi connectivity index (χ4n) is 3.60. The number of rotatable bonds is 6. The molecule has 0 bridgehead atoms. The lowest BCUT2D eigenvalue weighted by atomic mass is 10.1. The van der Waals surface area contributed by atoms with Gasteiger partial charge in [-0.3, -0.25) is 0 Å². The number of hydrogen-bond acceptors (Lipinski definition) is 4. The highest BCUT2D eigenvalue weighted by Gasteiger charge is 2.28. The quantitative estimate of drug-likeness (QED) is 0.525. The summed E-state index contributed by atoms with van der Waals surface area (Å²) >= 11 is 6.18. The first-order chi connectivity index (χ1) is 14.9. The summed E-state index contributed by atoms with van der Waals surface area (Å²) < 4.78 is 39.6. The van der Waals surface area contributed by atoms with E-state index < -0.39 is 10.0 Å². The number of fused-ring (bicyclic) bond motifs is 1. The zero-order valence-corrected chi connectivity index (χ0v) is 18.8. The van der Waals surface area contributed by atoms with Gasteiger partial charge in [0.2, 0.25) is 10.0 Å². The van der Waals surface area contributed by atoms with Crippen molar-refractivity contribution in [3.05, 3.63) is 94.0 Å². The molecule has 0 fully saturated rings. The molecule has 1 aliphatic rings. The van der Waals surface area contributed by atoms with Crippen LogP contribution in [0.2, 0.25) is 5.02 Å². The number of halogens is 1. The van der Waals surface area contributed by atoms with E-state index in [9.17, 15) is 8.42 Å². The minimum atomic E-state index is -3.62. The van der Waals surface area contributed by atoms with E-state index in [1.54, 1.807) is 12.1 Å². The highest BCUT2D eigenvalue weighted by molar-refractivity contribution is 7.89. The molecule has 0 aliphatic carbocycles. The lowest BCUT2D eigenvalue weighted by molar-refractivity contribution is 0.107. The van der Waals surface area contributed by atoms with Crippen LogP contribution in [0.4, 0.5) is 0 Å². The fraction of sp³-hybridized carbons (Fsp3) is 0.250. The third-order valence-corrected chi connectivity index (χ3v) is 7.64. The van der Waals surface area contributed by atoms with Crippen LogP contribution in [-0.4, -0.2) is 25.9 Å². The predicted octanol–water partition coefficient (Wildman–Crippen LogP) is 4.95. The molecule has 5 nitrogen and oxygen atoms in total. The Hall–Kier alpha value is -2.38. The Bertz CT molecular complexity index is 1180. The normalized spacial score (nSPS) is 14.5. The van der Waals surface area contributed by atoms with Crippen LogP contribution < -0.4 is 4.74 Å². The van der Waals surface area contributed by atoms with Gasteiger partial charge in [0, 0.05) is 23.7 Å².